The third-order valence-electron chi connectivity index (χ3n) is 3.98. The predicted molar refractivity (Wildman–Crippen MR) is 102 cm³/mol. The average Bonchev–Trinajstić information content (AvgIpc) is 2.56. The molecule has 7 nitrogen and oxygen atoms in total. The van der Waals surface area contributed by atoms with Gasteiger partial charge in [-0.05, 0) is 46.5 Å². The maximum absolute atomic E-state index is 12.5. The summed E-state index contributed by atoms with van der Waals surface area (Å²) in [5.74, 6) is -1.33. The van der Waals surface area contributed by atoms with E-state index in [1.807, 2.05) is 0 Å². The largest absolute Gasteiger partial charge is 0.443 e. The molecule has 0 aliphatic carbocycles. The zero-order valence-corrected chi connectivity index (χ0v) is 16.5. The maximum Gasteiger partial charge on any atom is 0.417 e. The van der Waals surface area contributed by atoms with Gasteiger partial charge in [0.2, 0.25) is 11.8 Å². The van der Waals surface area contributed by atoms with Gasteiger partial charge in [0.15, 0.2) is 0 Å². The van der Waals surface area contributed by atoms with Crippen molar-refractivity contribution in [2.75, 3.05) is 6.54 Å². The summed E-state index contributed by atoms with van der Waals surface area (Å²) in [6, 6.07) is -0.987. The number of amides is 4. The summed E-state index contributed by atoms with van der Waals surface area (Å²) in [7, 11) is 0. The third kappa shape index (κ3) is 6.66. The number of nitrogens with zero attached hydrogens (tertiary/aromatic N) is 2. The fraction of sp³-hybridized carbons (Fsp3) is 0.600. The Bertz CT molecular complexity index is 606. The Morgan fingerprint density at radius 1 is 1.15 bits per heavy atom. The number of carbonyl (C=O) groups excluding carboxylic acids is 4. The molecular weight excluding hydrogens is 348 g/mol. The van der Waals surface area contributed by atoms with Crippen molar-refractivity contribution >= 4 is 23.8 Å². The Labute approximate surface area is 161 Å². The fourth-order valence-electron chi connectivity index (χ4n) is 2.59. The zero-order valence-electron chi connectivity index (χ0n) is 16.5. The number of unbranched alkanes of at least 4 members (excludes halogenated alkanes) is 2. The molecule has 0 aromatic heterocycles. The molecule has 4 amide bonds. The van der Waals surface area contributed by atoms with E-state index in [0.717, 1.165) is 9.80 Å². The van der Waals surface area contributed by atoms with Crippen LogP contribution < -0.4 is 0 Å². The summed E-state index contributed by atoms with van der Waals surface area (Å²) < 4.78 is 5.29. The normalized spacial score (nSPS) is 16.3. The van der Waals surface area contributed by atoms with Gasteiger partial charge in [0.25, 0.3) is 5.91 Å². The van der Waals surface area contributed by atoms with Crippen molar-refractivity contribution in [3.05, 3.63) is 25.3 Å². The van der Waals surface area contributed by atoms with Crippen LogP contribution in [0.5, 0.6) is 0 Å². The first kappa shape index (κ1) is 22.6. The van der Waals surface area contributed by atoms with Crippen LogP contribution in [-0.4, -0.2) is 51.8 Å². The molecule has 1 rings (SSSR count). The van der Waals surface area contributed by atoms with Crippen LogP contribution in [-0.2, 0) is 19.1 Å². The van der Waals surface area contributed by atoms with Crippen molar-refractivity contribution in [2.24, 2.45) is 0 Å². The van der Waals surface area contributed by atoms with Crippen molar-refractivity contribution in [2.45, 2.75) is 70.9 Å². The molecule has 1 heterocycles. The van der Waals surface area contributed by atoms with E-state index >= 15 is 0 Å². The van der Waals surface area contributed by atoms with Gasteiger partial charge in [-0.1, -0.05) is 12.2 Å². The van der Waals surface area contributed by atoms with Gasteiger partial charge in [0.05, 0.1) is 6.54 Å². The summed E-state index contributed by atoms with van der Waals surface area (Å²) >= 11 is 0. The number of hydrogen-bond acceptors (Lipinski definition) is 5. The number of rotatable bonds is 9. The van der Waals surface area contributed by atoms with Gasteiger partial charge in [-0.2, -0.15) is 0 Å². The number of ether oxygens (including phenoxy) is 1. The molecule has 0 unspecified atom stereocenters. The first-order valence-corrected chi connectivity index (χ1v) is 9.23. The van der Waals surface area contributed by atoms with Crippen LogP contribution in [0.4, 0.5) is 4.79 Å². The van der Waals surface area contributed by atoms with Crippen LogP contribution >= 0.6 is 0 Å². The summed E-state index contributed by atoms with van der Waals surface area (Å²) in [6.45, 7) is 12.3. The molecule has 0 saturated carbocycles. The smallest absolute Gasteiger partial charge is 0.417 e. The molecular formula is C20H30N2O5. The second-order valence-corrected chi connectivity index (χ2v) is 7.46. The second kappa shape index (κ2) is 10.0. The standard InChI is InChI=1S/C20H30N2O5/c1-6-8-10-12-16(23)21-14-15(18(21)25)22(17(24)13-11-9-7-2)19(26)27-20(3,4)5/h6-7,15H,1-2,8-14H2,3-5H3/t15-/m0/s1. The minimum atomic E-state index is -0.987. The van der Waals surface area contributed by atoms with Gasteiger partial charge in [0, 0.05) is 12.8 Å². The number of β-lactam (4-membered cyclic amide) rings is 1. The van der Waals surface area contributed by atoms with E-state index in [4.69, 9.17) is 4.74 Å². The van der Waals surface area contributed by atoms with Crippen LogP contribution in [0.2, 0.25) is 0 Å². The number of hydrogen-bond donors (Lipinski definition) is 0. The van der Waals surface area contributed by atoms with Gasteiger partial charge in [-0.3, -0.25) is 19.3 Å². The van der Waals surface area contributed by atoms with E-state index in [1.54, 1.807) is 32.9 Å². The van der Waals surface area contributed by atoms with Crippen LogP contribution in [0.15, 0.2) is 25.3 Å². The lowest BCUT2D eigenvalue weighted by Crippen LogP contribution is -2.67. The molecule has 0 N–H and O–H groups in total. The topological polar surface area (TPSA) is 84.0 Å². The molecule has 1 atom stereocenters. The van der Waals surface area contributed by atoms with E-state index in [1.165, 1.54) is 0 Å². The summed E-state index contributed by atoms with van der Waals surface area (Å²) in [4.78, 5) is 51.5. The highest BCUT2D eigenvalue weighted by Crippen LogP contribution is 2.23. The van der Waals surface area contributed by atoms with E-state index in [0.29, 0.717) is 25.7 Å². The van der Waals surface area contributed by atoms with Crippen molar-refractivity contribution in [1.29, 1.82) is 0 Å². The lowest BCUT2D eigenvalue weighted by molar-refractivity contribution is -0.164. The molecule has 0 aromatic rings. The SMILES string of the molecule is C=CCCCC(=O)N1C[C@H](N(C(=O)CCCC=C)C(=O)OC(C)(C)C)C1=O. The molecule has 1 aliphatic heterocycles. The minimum Gasteiger partial charge on any atom is -0.443 e. The Hall–Kier alpha value is -2.44. The molecule has 1 fully saturated rings. The van der Waals surface area contributed by atoms with E-state index in [9.17, 15) is 19.2 Å². The van der Waals surface area contributed by atoms with Gasteiger partial charge >= 0.3 is 6.09 Å². The second-order valence-electron chi connectivity index (χ2n) is 7.46. The highest BCUT2D eigenvalue weighted by atomic mass is 16.6. The Balaban J connectivity index is 2.81. The van der Waals surface area contributed by atoms with E-state index in [-0.39, 0.29) is 25.3 Å². The summed E-state index contributed by atoms with van der Waals surface area (Å²) in [5, 5.41) is 0. The number of allylic oxidation sites excluding steroid dienone is 2. The molecule has 0 aromatic carbocycles. The molecule has 0 bridgehead atoms. The number of carbonyl (C=O) groups is 4. The van der Waals surface area contributed by atoms with Gasteiger partial charge in [0.1, 0.15) is 11.6 Å². The lowest BCUT2D eigenvalue weighted by Gasteiger charge is -2.42. The lowest BCUT2D eigenvalue weighted by atomic mass is 10.0. The Morgan fingerprint density at radius 3 is 2.19 bits per heavy atom. The van der Waals surface area contributed by atoms with Crippen molar-refractivity contribution in [3.63, 3.8) is 0 Å². The fourth-order valence-corrected chi connectivity index (χ4v) is 2.59. The van der Waals surface area contributed by atoms with Crippen molar-refractivity contribution in [1.82, 2.24) is 9.80 Å². The first-order valence-electron chi connectivity index (χ1n) is 9.23. The van der Waals surface area contributed by atoms with Crippen LogP contribution in [0.1, 0.15) is 59.3 Å². The summed E-state index contributed by atoms with van der Waals surface area (Å²) in [6.07, 6.45) is 5.29. The van der Waals surface area contributed by atoms with Gasteiger partial charge in [-0.25, -0.2) is 9.69 Å². The molecule has 0 spiro atoms. The van der Waals surface area contributed by atoms with Crippen molar-refractivity contribution < 1.29 is 23.9 Å². The Morgan fingerprint density at radius 2 is 1.70 bits per heavy atom. The highest BCUT2D eigenvalue weighted by Gasteiger charge is 2.48. The number of imide groups is 2. The quantitative estimate of drug-likeness (QED) is 0.349. The third-order valence-corrected chi connectivity index (χ3v) is 3.98. The first-order chi connectivity index (χ1) is 12.6. The molecule has 7 heteroatoms. The monoisotopic (exact) mass is 378 g/mol. The van der Waals surface area contributed by atoms with Gasteiger partial charge in [-0.15, -0.1) is 13.2 Å². The van der Waals surface area contributed by atoms with E-state index < -0.39 is 29.6 Å². The summed E-state index contributed by atoms with van der Waals surface area (Å²) in [5.41, 5.74) is -0.802. The molecule has 1 aliphatic rings. The highest BCUT2D eigenvalue weighted by molar-refractivity contribution is 6.07. The van der Waals surface area contributed by atoms with Crippen LogP contribution in [0.25, 0.3) is 0 Å². The minimum absolute atomic E-state index is 0.0121. The van der Waals surface area contributed by atoms with E-state index in [2.05, 4.69) is 13.2 Å². The van der Waals surface area contributed by atoms with Crippen molar-refractivity contribution in [3.8, 4) is 0 Å². The Kier molecular flexibility index (Phi) is 8.40. The maximum atomic E-state index is 12.5. The molecule has 27 heavy (non-hydrogen) atoms. The van der Waals surface area contributed by atoms with Gasteiger partial charge < -0.3 is 4.74 Å². The number of likely N-dealkylation sites (tertiary alicyclic amines) is 1. The zero-order chi connectivity index (χ0) is 20.6. The molecule has 1 saturated heterocycles. The van der Waals surface area contributed by atoms with Crippen LogP contribution in [0, 0.1) is 0 Å². The van der Waals surface area contributed by atoms with Crippen LogP contribution in [0.3, 0.4) is 0 Å². The average molecular weight is 378 g/mol. The molecule has 0 radical (unpaired) electrons. The predicted octanol–water partition coefficient (Wildman–Crippen LogP) is 3.20. The molecule has 150 valence electrons.